The minimum Gasteiger partial charge on any atom is -0.475 e. The van der Waals surface area contributed by atoms with E-state index in [9.17, 15) is 4.79 Å². The van der Waals surface area contributed by atoms with E-state index < -0.39 is 5.97 Å². The summed E-state index contributed by atoms with van der Waals surface area (Å²) in [6.07, 6.45) is 0. The zero-order valence-electron chi connectivity index (χ0n) is 8.30. The quantitative estimate of drug-likeness (QED) is 0.861. The van der Waals surface area contributed by atoms with Gasteiger partial charge in [0.1, 0.15) is 5.58 Å². The minimum atomic E-state index is -1.03. The smallest absolute Gasteiger partial charge is 0.372 e. The number of carboxylic acids is 1. The number of rotatable bonds is 1. The van der Waals surface area contributed by atoms with Crippen molar-refractivity contribution in [1.82, 2.24) is 0 Å². The molecule has 1 aromatic carbocycles. The maximum atomic E-state index is 10.9. The first kappa shape index (κ1) is 10.2. The molecule has 0 amide bonds. The van der Waals surface area contributed by atoms with Gasteiger partial charge in [-0.15, -0.1) is 0 Å². The molecule has 0 saturated carbocycles. The van der Waals surface area contributed by atoms with E-state index in [0.29, 0.717) is 11.1 Å². The van der Waals surface area contributed by atoms with Gasteiger partial charge in [-0.25, -0.2) is 4.79 Å². The van der Waals surface area contributed by atoms with Crippen LogP contribution in [0.1, 0.15) is 21.7 Å². The number of fused-ring (bicyclic) bond motifs is 1. The van der Waals surface area contributed by atoms with Gasteiger partial charge in [-0.1, -0.05) is 15.9 Å². The third-order valence-electron chi connectivity index (χ3n) is 2.41. The summed E-state index contributed by atoms with van der Waals surface area (Å²) >= 11 is 3.41. The Hall–Kier alpha value is -1.29. The van der Waals surface area contributed by atoms with E-state index in [1.165, 1.54) is 0 Å². The van der Waals surface area contributed by atoms with Gasteiger partial charge in [0.05, 0.1) is 0 Å². The van der Waals surface area contributed by atoms with Crippen LogP contribution in [0.5, 0.6) is 0 Å². The summed E-state index contributed by atoms with van der Waals surface area (Å²) in [6.45, 7) is 3.68. The molecule has 0 bridgehead atoms. The normalized spacial score (nSPS) is 10.9. The predicted octanol–water partition coefficient (Wildman–Crippen LogP) is 3.51. The van der Waals surface area contributed by atoms with Crippen LogP contribution in [-0.2, 0) is 0 Å². The summed E-state index contributed by atoms with van der Waals surface area (Å²) in [4.78, 5) is 10.9. The topological polar surface area (TPSA) is 50.4 Å². The average Bonchev–Trinajstić information content (AvgIpc) is 2.46. The van der Waals surface area contributed by atoms with Crippen LogP contribution in [0.2, 0.25) is 0 Å². The summed E-state index contributed by atoms with van der Waals surface area (Å²) < 4.78 is 6.23. The van der Waals surface area contributed by atoms with Gasteiger partial charge in [0.2, 0.25) is 5.76 Å². The Balaban J connectivity index is 2.83. The molecule has 0 unspecified atom stereocenters. The fourth-order valence-electron chi connectivity index (χ4n) is 1.55. The first-order valence-electron chi connectivity index (χ1n) is 4.43. The number of carbonyl (C=O) groups is 1. The first-order valence-corrected chi connectivity index (χ1v) is 5.22. The van der Waals surface area contributed by atoms with Crippen molar-refractivity contribution in [1.29, 1.82) is 0 Å². The van der Waals surface area contributed by atoms with E-state index in [1.807, 2.05) is 19.1 Å². The standard InChI is InChI=1S/C11H9BrO3/c1-5-3-9-7(4-8(5)12)6(2)10(15-9)11(13)14/h3-4H,1-2H3,(H,13,14). The maximum absolute atomic E-state index is 10.9. The van der Waals surface area contributed by atoms with Crippen LogP contribution in [-0.4, -0.2) is 11.1 Å². The molecule has 2 rings (SSSR count). The Labute approximate surface area is 94.8 Å². The molecule has 0 fully saturated rings. The second kappa shape index (κ2) is 3.38. The van der Waals surface area contributed by atoms with Gasteiger partial charge in [-0.05, 0) is 31.5 Å². The van der Waals surface area contributed by atoms with Gasteiger partial charge in [0.25, 0.3) is 0 Å². The van der Waals surface area contributed by atoms with Crippen LogP contribution in [0.4, 0.5) is 0 Å². The van der Waals surface area contributed by atoms with E-state index >= 15 is 0 Å². The van der Waals surface area contributed by atoms with Crippen molar-refractivity contribution in [2.24, 2.45) is 0 Å². The average molecular weight is 269 g/mol. The lowest BCUT2D eigenvalue weighted by Crippen LogP contribution is -1.95. The van der Waals surface area contributed by atoms with Crippen molar-refractivity contribution < 1.29 is 14.3 Å². The van der Waals surface area contributed by atoms with Crippen LogP contribution in [0, 0.1) is 13.8 Å². The van der Waals surface area contributed by atoms with Crippen LogP contribution in [0.3, 0.4) is 0 Å². The second-order valence-corrected chi connectivity index (χ2v) is 4.31. The number of benzene rings is 1. The highest BCUT2D eigenvalue weighted by Gasteiger charge is 2.17. The van der Waals surface area contributed by atoms with E-state index in [4.69, 9.17) is 9.52 Å². The van der Waals surface area contributed by atoms with Gasteiger partial charge in [-0.2, -0.15) is 0 Å². The summed E-state index contributed by atoms with van der Waals surface area (Å²) in [5, 5.41) is 9.74. The molecule has 1 heterocycles. The Kier molecular flexibility index (Phi) is 2.31. The minimum absolute atomic E-state index is 0.0162. The lowest BCUT2D eigenvalue weighted by Gasteiger charge is -1.96. The first-order chi connectivity index (χ1) is 7.00. The third-order valence-corrected chi connectivity index (χ3v) is 3.27. The largest absolute Gasteiger partial charge is 0.475 e. The summed E-state index contributed by atoms with van der Waals surface area (Å²) in [5.41, 5.74) is 2.30. The maximum Gasteiger partial charge on any atom is 0.372 e. The number of aromatic carboxylic acids is 1. The molecule has 15 heavy (non-hydrogen) atoms. The summed E-state index contributed by atoms with van der Waals surface area (Å²) in [6, 6.07) is 3.72. The molecule has 0 saturated heterocycles. The van der Waals surface area contributed by atoms with Gasteiger partial charge >= 0.3 is 5.97 Å². The molecule has 3 nitrogen and oxygen atoms in total. The van der Waals surface area contributed by atoms with E-state index in [-0.39, 0.29) is 5.76 Å². The lowest BCUT2D eigenvalue weighted by atomic mass is 10.1. The van der Waals surface area contributed by atoms with Gasteiger partial charge < -0.3 is 9.52 Å². The summed E-state index contributed by atoms with van der Waals surface area (Å²) in [5.74, 6) is -1.01. The number of halogens is 1. The molecular weight excluding hydrogens is 260 g/mol. The summed E-state index contributed by atoms with van der Waals surface area (Å²) in [7, 11) is 0. The van der Waals surface area contributed by atoms with Crippen LogP contribution >= 0.6 is 15.9 Å². The highest BCUT2D eigenvalue weighted by atomic mass is 79.9. The molecule has 2 aromatic rings. The molecule has 0 atom stereocenters. The van der Waals surface area contributed by atoms with Crippen molar-refractivity contribution >= 4 is 32.9 Å². The van der Waals surface area contributed by atoms with Crippen LogP contribution in [0.25, 0.3) is 11.0 Å². The monoisotopic (exact) mass is 268 g/mol. The Morgan fingerprint density at radius 2 is 2.07 bits per heavy atom. The van der Waals surface area contributed by atoms with E-state index in [2.05, 4.69) is 15.9 Å². The SMILES string of the molecule is Cc1cc2oc(C(=O)O)c(C)c2cc1Br. The van der Waals surface area contributed by atoms with Crippen molar-refractivity contribution in [2.45, 2.75) is 13.8 Å². The second-order valence-electron chi connectivity index (χ2n) is 3.46. The zero-order valence-corrected chi connectivity index (χ0v) is 9.88. The highest BCUT2D eigenvalue weighted by Crippen LogP contribution is 2.30. The highest BCUT2D eigenvalue weighted by molar-refractivity contribution is 9.10. The van der Waals surface area contributed by atoms with Crippen molar-refractivity contribution in [3.05, 3.63) is 33.5 Å². The Morgan fingerprint density at radius 1 is 1.40 bits per heavy atom. The zero-order chi connectivity index (χ0) is 11.2. The number of furan rings is 1. The molecule has 0 aliphatic heterocycles. The molecule has 1 N–H and O–H groups in total. The Morgan fingerprint density at radius 3 is 2.67 bits per heavy atom. The molecule has 0 radical (unpaired) electrons. The fraction of sp³-hybridized carbons (Fsp3) is 0.182. The Bertz CT molecular complexity index is 554. The van der Waals surface area contributed by atoms with E-state index in [1.54, 1.807) is 6.92 Å². The molecule has 0 aliphatic rings. The molecule has 0 spiro atoms. The molecule has 4 heteroatoms. The molecule has 0 aliphatic carbocycles. The van der Waals surface area contributed by atoms with Crippen molar-refractivity contribution in [3.63, 3.8) is 0 Å². The number of carboxylic acid groups (broad SMARTS) is 1. The van der Waals surface area contributed by atoms with Gasteiger partial charge in [0, 0.05) is 15.4 Å². The third kappa shape index (κ3) is 1.55. The predicted molar refractivity (Wildman–Crippen MR) is 60.3 cm³/mol. The molecule has 78 valence electrons. The van der Waals surface area contributed by atoms with Crippen molar-refractivity contribution in [3.8, 4) is 0 Å². The van der Waals surface area contributed by atoms with Gasteiger partial charge in [0.15, 0.2) is 0 Å². The van der Waals surface area contributed by atoms with Crippen LogP contribution in [0.15, 0.2) is 21.0 Å². The number of hydrogen-bond donors (Lipinski definition) is 1. The number of aryl methyl sites for hydroxylation is 2. The van der Waals surface area contributed by atoms with Gasteiger partial charge in [-0.3, -0.25) is 0 Å². The molecular formula is C11H9BrO3. The molecule has 1 aromatic heterocycles. The fourth-order valence-corrected chi connectivity index (χ4v) is 1.89. The van der Waals surface area contributed by atoms with E-state index in [0.717, 1.165) is 15.4 Å². The van der Waals surface area contributed by atoms with Crippen LogP contribution < -0.4 is 0 Å². The lowest BCUT2D eigenvalue weighted by molar-refractivity contribution is 0.0664. The number of hydrogen-bond acceptors (Lipinski definition) is 2. The van der Waals surface area contributed by atoms with Crippen molar-refractivity contribution in [2.75, 3.05) is 0 Å².